The molecule has 1 aromatic carbocycles. The Morgan fingerprint density at radius 3 is 2.74 bits per heavy atom. The van der Waals surface area contributed by atoms with Crippen molar-refractivity contribution in [2.24, 2.45) is 0 Å². The molecule has 0 aliphatic carbocycles. The summed E-state index contributed by atoms with van der Waals surface area (Å²) >= 11 is 0. The Labute approximate surface area is 155 Å². The molecular weight excluding hydrogens is 352 g/mol. The van der Waals surface area contributed by atoms with Gasteiger partial charge in [0.15, 0.2) is 18.1 Å². The second-order valence-corrected chi connectivity index (χ2v) is 5.25. The van der Waals surface area contributed by atoms with E-state index < -0.39 is 18.5 Å². The number of hydrogen-bond acceptors (Lipinski definition) is 6. The van der Waals surface area contributed by atoms with Gasteiger partial charge < -0.3 is 24.3 Å². The van der Waals surface area contributed by atoms with E-state index in [-0.39, 0.29) is 17.9 Å². The number of nitrogens with one attached hydrogen (secondary N) is 1. The molecule has 2 N–H and O–H groups in total. The number of nitrogens with zero attached hydrogens (tertiary/aromatic N) is 1. The largest absolute Gasteiger partial charge is 0.490 e. The van der Waals surface area contributed by atoms with Crippen molar-refractivity contribution >= 4 is 18.0 Å². The minimum atomic E-state index is -1.11. The summed E-state index contributed by atoms with van der Waals surface area (Å²) in [7, 11) is 0. The van der Waals surface area contributed by atoms with Gasteiger partial charge in [-0.15, -0.1) is 0 Å². The first-order valence-electron chi connectivity index (χ1n) is 8.07. The molecule has 1 aromatic heterocycles. The predicted octanol–water partition coefficient (Wildman–Crippen LogP) is 2.37. The van der Waals surface area contributed by atoms with E-state index >= 15 is 0 Å². The van der Waals surface area contributed by atoms with Crippen LogP contribution in [0.2, 0.25) is 0 Å². The fraction of sp³-hybridized carbons (Fsp3) is 0.211. The topological polar surface area (TPSA) is 122 Å². The molecule has 2 rings (SSSR count). The van der Waals surface area contributed by atoms with E-state index in [0.717, 1.165) is 0 Å². The zero-order valence-electron chi connectivity index (χ0n) is 14.6. The molecule has 1 amide bonds. The highest BCUT2D eigenvalue weighted by Crippen LogP contribution is 2.29. The van der Waals surface area contributed by atoms with Gasteiger partial charge in [-0.25, -0.2) is 4.79 Å². The van der Waals surface area contributed by atoms with E-state index in [4.69, 9.17) is 19.0 Å². The van der Waals surface area contributed by atoms with Gasteiger partial charge in [-0.1, -0.05) is 6.07 Å². The summed E-state index contributed by atoms with van der Waals surface area (Å²) in [5.41, 5.74) is 0.439. The van der Waals surface area contributed by atoms with E-state index in [1.807, 2.05) is 6.07 Å². The lowest BCUT2D eigenvalue weighted by Crippen LogP contribution is -2.23. The first-order chi connectivity index (χ1) is 13.0. The lowest BCUT2D eigenvalue weighted by molar-refractivity contribution is -0.139. The van der Waals surface area contributed by atoms with Crippen LogP contribution in [0.5, 0.6) is 11.5 Å². The summed E-state index contributed by atoms with van der Waals surface area (Å²) in [6, 6.07) is 9.95. The number of rotatable bonds is 9. The predicted molar refractivity (Wildman–Crippen MR) is 94.9 cm³/mol. The number of carbonyl (C=O) groups excluding carboxylic acids is 1. The molecule has 140 valence electrons. The molecule has 27 heavy (non-hydrogen) atoms. The maximum Gasteiger partial charge on any atom is 0.341 e. The van der Waals surface area contributed by atoms with Gasteiger partial charge in [0.1, 0.15) is 17.4 Å². The molecule has 0 bridgehead atoms. The lowest BCUT2D eigenvalue weighted by atomic mass is 10.1. The van der Waals surface area contributed by atoms with Gasteiger partial charge in [-0.05, 0) is 42.8 Å². The second kappa shape index (κ2) is 9.68. The number of amides is 1. The van der Waals surface area contributed by atoms with Crippen LogP contribution in [0.25, 0.3) is 6.08 Å². The molecule has 8 nitrogen and oxygen atoms in total. The summed E-state index contributed by atoms with van der Waals surface area (Å²) in [5, 5.41) is 20.6. The van der Waals surface area contributed by atoms with Gasteiger partial charge in [0.25, 0.3) is 5.91 Å². The van der Waals surface area contributed by atoms with Crippen LogP contribution in [0.15, 0.2) is 46.6 Å². The Bertz CT molecular complexity index is 865. The molecule has 0 atom stereocenters. The van der Waals surface area contributed by atoms with Crippen molar-refractivity contribution in [1.82, 2.24) is 5.32 Å². The molecule has 0 aliphatic rings. The summed E-state index contributed by atoms with van der Waals surface area (Å²) < 4.78 is 15.7. The van der Waals surface area contributed by atoms with Crippen LogP contribution in [0.3, 0.4) is 0 Å². The monoisotopic (exact) mass is 370 g/mol. The molecule has 0 aliphatic heterocycles. The SMILES string of the molecule is CCOc1cc(/C=C(\C#N)C(=O)NCc2ccco2)ccc1OCC(=O)O. The Morgan fingerprint density at radius 2 is 2.11 bits per heavy atom. The Kier molecular flexibility index (Phi) is 7.02. The van der Waals surface area contributed by atoms with Crippen molar-refractivity contribution in [3.63, 3.8) is 0 Å². The molecule has 2 aromatic rings. The quantitative estimate of drug-likeness (QED) is 0.513. The van der Waals surface area contributed by atoms with Crippen LogP contribution in [0.4, 0.5) is 0 Å². The summed E-state index contributed by atoms with van der Waals surface area (Å²) in [4.78, 5) is 22.8. The van der Waals surface area contributed by atoms with Crippen LogP contribution in [-0.2, 0) is 16.1 Å². The van der Waals surface area contributed by atoms with E-state index in [0.29, 0.717) is 23.7 Å². The van der Waals surface area contributed by atoms with Crippen LogP contribution in [0.1, 0.15) is 18.2 Å². The highest BCUT2D eigenvalue weighted by Gasteiger charge is 2.12. The van der Waals surface area contributed by atoms with Gasteiger partial charge in [0.2, 0.25) is 0 Å². The number of nitriles is 1. The van der Waals surface area contributed by atoms with E-state index in [2.05, 4.69) is 5.32 Å². The molecule has 0 fully saturated rings. The Morgan fingerprint density at radius 1 is 1.30 bits per heavy atom. The number of hydrogen-bond donors (Lipinski definition) is 2. The summed E-state index contributed by atoms with van der Waals surface area (Å²) in [6.07, 6.45) is 2.90. The van der Waals surface area contributed by atoms with Gasteiger partial charge in [0, 0.05) is 0 Å². The molecule has 1 heterocycles. The van der Waals surface area contributed by atoms with Gasteiger partial charge in [-0.2, -0.15) is 5.26 Å². The van der Waals surface area contributed by atoms with Crippen molar-refractivity contribution in [3.8, 4) is 17.6 Å². The molecule has 0 spiro atoms. The maximum absolute atomic E-state index is 12.2. The standard InChI is InChI=1S/C19H18N2O6/c1-2-25-17-9-13(5-6-16(17)27-12-18(22)23)8-14(10-20)19(24)21-11-15-4-3-7-26-15/h3-9H,2,11-12H2,1H3,(H,21,24)(H,22,23)/b14-8+. The highest BCUT2D eigenvalue weighted by molar-refractivity contribution is 6.01. The zero-order valence-corrected chi connectivity index (χ0v) is 14.6. The first-order valence-corrected chi connectivity index (χ1v) is 8.07. The van der Waals surface area contributed by atoms with E-state index in [1.54, 1.807) is 31.2 Å². The first kappa shape index (κ1) is 19.6. The summed E-state index contributed by atoms with van der Waals surface area (Å²) in [6.45, 7) is 1.77. The number of carboxylic acids is 1. The zero-order chi connectivity index (χ0) is 19.6. The van der Waals surface area contributed by atoms with Gasteiger partial charge in [-0.3, -0.25) is 4.79 Å². The third-order valence-corrected chi connectivity index (χ3v) is 3.30. The normalized spacial score (nSPS) is 10.7. The van der Waals surface area contributed by atoms with Crippen molar-refractivity contribution in [1.29, 1.82) is 5.26 Å². The molecule has 0 saturated heterocycles. The van der Waals surface area contributed by atoms with Crippen molar-refractivity contribution in [3.05, 3.63) is 53.5 Å². The number of aliphatic carboxylic acids is 1. The lowest BCUT2D eigenvalue weighted by Gasteiger charge is -2.11. The van der Waals surface area contributed by atoms with Gasteiger partial charge >= 0.3 is 5.97 Å². The van der Waals surface area contributed by atoms with Crippen LogP contribution in [0, 0.1) is 11.3 Å². The molecule has 0 unspecified atom stereocenters. The Hall–Kier alpha value is -3.73. The van der Waals surface area contributed by atoms with Crippen molar-refractivity contribution in [2.75, 3.05) is 13.2 Å². The van der Waals surface area contributed by atoms with Crippen LogP contribution >= 0.6 is 0 Å². The fourth-order valence-corrected chi connectivity index (χ4v) is 2.13. The molecule has 0 saturated carbocycles. The summed E-state index contributed by atoms with van der Waals surface area (Å²) in [5.74, 6) is -0.503. The van der Waals surface area contributed by atoms with Crippen molar-refractivity contribution < 1.29 is 28.6 Å². The minimum absolute atomic E-state index is 0.0943. The van der Waals surface area contributed by atoms with Gasteiger partial charge in [0.05, 0.1) is 19.4 Å². The molecular formula is C19H18N2O6. The van der Waals surface area contributed by atoms with E-state index in [9.17, 15) is 14.9 Å². The van der Waals surface area contributed by atoms with Crippen LogP contribution < -0.4 is 14.8 Å². The number of furan rings is 1. The van der Waals surface area contributed by atoms with E-state index in [1.165, 1.54) is 18.4 Å². The minimum Gasteiger partial charge on any atom is -0.490 e. The highest BCUT2D eigenvalue weighted by atomic mass is 16.5. The average Bonchev–Trinajstić information content (AvgIpc) is 3.17. The average molecular weight is 370 g/mol. The second-order valence-electron chi connectivity index (χ2n) is 5.25. The number of benzene rings is 1. The molecule has 0 radical (unpaired) electrons. The fourth-order valence-electron chi connectivity index (χ4n) is 2.13. The number of ether oxygens (including phenoxy) is 2. The third kappa shape index (κ3) is 5.93. The third-order valence-electron chi connectivity index (χ3n) is 3.30. The molecule has 8 heteroatoms. The maximum atomic E-state index is 12.2. The number of carboxylic acid groups (broad SMARTS) is 1. The van der Waals surface area contributed by atoms with Crippen LogP contribution in [-0.4, -0.2) is 30.2 Å². The Balaban J connectivity index is 2.15. The smallest absolute Gasteiger partial charge is 0.341 e. The number of carbonyl (C=O) groups is 2. The van der Waals surface area contributed by atoms with Crippen molar-refractivity contribution in [2.45, 2.75) is 13.5 Å².